The molecule has 0 fully saturated rings. The van der Waals surface area contributed by atoms with E-state index in [2.05, 4.69) is 16.0 Å². The average Bonchev–Trinajstić information content (AvgIpc) is 3.21. The predicted octanol–water partition coefficient (Wildman–Crippen LogP) is 4.50. The number of hydrogen-bond acceptors (Lipinski definition) is 3. The highest BCUT2D eigenvalue weighted by molar-refractivity contribution is 5.95. The fourth-order valence-corrected chi connectivity index (χ4v) is 3.59. The van der Waals surface area contributed by atoms with E-state index in [-0.39, 0.29) is 11.9 Å². The number of hydrogen-bond donors (Lipinski definition) is 1. The Labute approximate surface area is 164 Å². The molecule has 1 atom stereocenters. The van der Waals surface area contributed by atoms with Gasteiger partial charge in [0.2, 0.25) is 0 Å². The zero-order valence-corrected chi connectivity index (χ0v) is 16.3. The molecule has 0 aliphatic carbocycles. The van der Waals surface area contributed by atoms with Crippen LogP contribution in [0.1, 0.15) is 39.3 Å². The van der Waals surface area contributed by atoms with Crippen molar-refractivity contribution in [2.24, 2.45) is 7.05 Å². The molecule has 5 heteroatoms. The van der Waals surface area contributed by atoms with Gasteiger partial charge in [-0.05, 0) is 37.6 Å². The summed E-state index contributed by atoms with van der Waals surface area (Å²) in [5, 5.41) is 3.17. The van der Waals surface area contributed by atoms with Gasteiger partial charge in [0.15, 0.2) is 0 Å². The van der Waals surface area contributed by atoms with Gasteiger partial charge in [-0.3, -0.25) is 4.79 Å². The minimum Gasteiger partial charge on any atom is -0.466 e. The summed E-state index contributed by atoms with van der Waals surface area (Å²) in [6.45, 7) is 3.66. The van der Waals surface area contributed by atoms with Crippen LogP contribution in [0.5, 0.6) is 0 Å². The van der Waals surface area contributed by atoms with Crippen LogP contribution in [0.25, 0.3) is 11.0 Å². The fourth-order valence-electron chi connectivity index (χ4n) is 3.59. The van der Waals surface area contributed by atoms with E-state index in [1.807, 2.05) is 69.4 Å². The van der Waals surface area contributed by atoms with E-state index in [9.17, 15) is 4.79 Å². The Bertz CT molecular complexity index is 1130. The molecule has 0 aliphatic heterocycles. The van der Waals surface area contributed by atoms with Crippen molar-refractivity contribution in [3.63, 3.8) is 0 Å². The molecule has 0 saturated carbocycles. The molecule has 2 aromatic carbocycles. The van der Waals surface area contributed by atoms with Crippen LogP contribution < -0.4 is 5.32 Å². The van der Waals surface area contributed by atoms with E-state index >= 15 is 0 Å². The van der Waals surface area contributed by atoms with Gasteiger partial charge in [-0.25, -0.2) is 4.98 Å². The zero-order valence-electron chi connectivity index (χ0n) is 16.3. The van der Waals surface area contributed by atoms with Gasteiger partial charge in [-0.1, -0.05) is 42.5 Å². The van der Waals surface area contributed by atoms with E-state index in [4.69, 9.17) is 9.40 Å². The van der Waals surface area contributed by atoms with E-state index in [1.165, 1.54) is 0 Å². The number of nitrogens with one attached hydrogen (secondary N) is 1. The van der Waals surface area contributed by atoms with Crippen LogP contribution in [-0.2, 0) is 13.5 Å². The Kier molecular flexibility index (Phi) is 4.74. The van der Waals surface area contributed by atoms with E-state index in [0.29, 0.717) is 17.7 Å². The predicted molar refractivity (Wildman–Crippen MR) is 109 cm³/mol. The second-order valence-electron chi connectivity index (χ2n) is 7.04. The highest BCUT2D eigenvalue weighted by Crippen LogP contribution is 2.23. The standard InChI is InChI=1S/C23H23N3O2/c1-15-13-18(16(2)28-15)23(27)25-20(17-9-5-4-6-10-17)14-22-24-19-11-7-8-12-21(19)26(22)3/h4-13,20H,14H2,1-3H3,(H,25,27). The molecule has 4 rings (SSSR count). The number of furan rings is 1. The lowest BCUT2D eigenvalue weighted by Gasteiger charge is -2.19. The summed E-state index contributed by atoms with van der Waals surface area (Å²) in [6.07, 6.45) is 0.594. The number of nitrogens with zero attached hydrogens (tertiary/aromatic N) is 2. The van der Waals surface area contributed by atoms with E-state index < -0.39 is 0 Å². The van der Waals surface area contributed by atoms with Crippen LogP contribution in [0.15, 0.2) is 65.1 Å². The summed E-state index contributed by atoms with van der Waals surface area (Å²) >= 11 is 0. The smallest absolute Gasteiger partial charge is 0.255 e. The Morgan fingerprint density at radius 2 is 1.82 bits per heavy atom. The number of imidazole rings is 1. The van der Waals surface area contributed by atoms with Gasteiger partial charge in [-0.15, -0.1) is 0 Å². The number of aromatic nitrogens is 2. The normalized spacial score (nSPS) is 12.2. The molecule has 0 bridgehead atoms. The van der Waals surface area contributed by atoms with Crippen LogP contribution in [0.4, 0.5) is 0 Å². The molecule has 28 heavy (non-hydrogen) atoms. The number of aryl methyl sites for hydroxylation is 3. The molecule has 1 amide bonds. The molecule has 0 radical (unpaired) electrons. The van der Waals surface area contributed by atoms with Gasteiger partial charge < -0.3 is 14.3 Å². The van der Waals surface area contributed by atoms with Gasteiger partial charge in [0.1, 0.15) is 17.3 Å². The van der Waals surface area contributed by atoms with Crippen molar-refractivity contribution >= 4 is 16.9 Å². The number of fused-ring (bicyclic) bond motifs is 1. The third kappa shape index (κ3) is 3.43. The Morgan fingerprint density at radius 1 is 1.11 bits per heavy atom. The van der Waals surface area contributed by atoms with Crippen molar-refractivity contribution in [3.8, 4) is 0 Å². The van der Waals surface area contributed by atoms with Gasteiger partial charge in [0, 0.05) is 13.5 Å². The van der Waals surface area contributed by atoms with Crippen molar-refractivity contribution in [1.29, 1.82) is 0 Å². The maximum atomic E-state index is 12.9. The van der Waals surface area contributed by atoms with Crippen LogP contribution in [0, 0.1) is 13.8 Å². The largest absolute Gasteiger partial charge is 0.466 e. The molecule has 2 heterocycles. The number of rotatable bonds is 5. The van der Waals surface area contributed by atoms with Crippen LogP contribution in [-0.4, -0.2) is 15.5 Å². The van der Waals surface area contributed by atoms with Crippen molar-refractivity contribution in [3.05, 3.63) is 89.1 Å². The van der Waals surface area contributed by atoms with Crippen molar-refractivity contribution in [2.45, 2.75) is 26.3 Å². The quantitative estimate of drug-likeness (QED) is 0.560. The van der Waals surface area contributed by atoms with Crippen LogP contribution >= 0.6 is 0 Å². The minimum atomic E-state index is -0.196. The Hall–Kier alpha value is -3.34. The van der Waals surface area contributed by atoms with Crippen LogP contribution in [0.2, 0.25) is 0 Å². The van der Waals surface area contributed by atoms with Crippen molar-refractivity contribution < 1.29 is 9.21 Å². The second kappa shape index (κ2) is 7.35. The van der Waals surface area contributed by atoms with Crippen molar-refractivity contribution in [1.82, 2.24) is 14.9 Å². The lowest BCUT2D eigenvalue weighted by Crippen LogP contribution is -2.30. The SMILES string of the molecule is Cc1cc(C(=O)NC(Cc2nc3ccccc3n2C)c2ccccc2)c(C)o1. The summed E-state index contributed by atoms with van der Waals surface area (Å²) in [5.74, 6) is 2.15. The van der Waals surface area contributed by atoms with Crippen LogP contribution in [0.3, 0.4) is 0 Å². The van der Waals surface area contributed by atoms with E-state index in [0.717, 1.165) is 28.2 Å². The summed E-state index contributed by atoms with van der Waals surface area (Å²) in [5.41, 5.74) is 3.65. The summed E-state index contributed by atoms with van der Waals surface area (Å²) in [7, 11) is 2.01. The Balaban J connectivity index is 1.67. The first-order valence-electron chi connectivity index (χ1n) is 9.36. The molecule has 0 saturated heterocycles. The first-order chi connectivity index (χ1) is 13.5. The maximum absolute atomic E-state index is 12.9. The molecule has 4 aromatic rings. The van der Waals surface area contributed by atoms with Gasteiger partial charge >= 0.3 is 0 Å². The molecule has 0 aliphatic rings. The summed E-state index contributed by atoms with van der Waals surface area (Å²) in [6, 6.07) is 19.6. The lowest BCUT2D eigenvalue weighted by atomic mass is 10.0. The molecule has 5 nitrogen and oxygen atoms in total. The number of carbonyl (C=O) groups excluding carboxylic acids is 1. The molecule has 1 N–H and O–H groups in total. The monoisotopic (exact) mass is 373 g/mol. The van der Waals surface area contributed by atoms with Gasteiger partial charge in [0.05, 0.1) is 22.6 Å². The molecule has 1 unspecified atom stereocenters. The molecule has 2 aromatic heterocycles. The highest BCUT2D eigenvalue weighted by Gasteiger charge is 2.21. The molecule has 0 spiro atoms. The third-order valence-corrected chi connectivity index (χ3v) is 5.06. The van der Waals surface area contributed by atoms with Crippen molar-refractivity contribution in [2.75, 3.05) is 0 Å². The maximum Gasteiger partial charge on any atom is 0.255 e. The summed E-state index contributed by atoms with van der Waals surface area (Å²) < 4.78 is 7.61. The first kappa shape index (κ1) is 18.0. The third-order valence-electron chi connectivity index (χ3n) is 5.06. The topological polar surface area (TPSA) is 60.1 Å². The second-order valence-corrected chi connectivity index (χ2v) is 7.04. The summed E-state index contributed by atoms with van der Waals surface area (Å²) in [4.78, 5) is 17.7. The Morgan fingerprint density at radius 3 is 2.50 bits per heavy atom. The number of amides is 1. The van der Waals surface area contributed by atoms with Gasteiger partial charge in [-0.2, -0.15) is 0 Å². The number of benzene rings is 2. The minimum absolute atomic E-state index is 0.137. The van der Waals surface area contributed by atoms with E-state index in [1.54, 1.807) is 6.07 Å². The number of para-hydroxylation sites is 2. The molecular formula is C23H23N3O2. The molecule has 142 valence electrons. The lowest BCUT2D eigenvalue weighted by molar-refractivity contribution is 0.0934. The fraction of sp³-hybridized carbons (Fsp3) is 0.217. The first-order valence-corrected chi connectivity index (χ1v) is 9.36. The van der Waals surface area contributed by atoms with Gasteiger partial charge in [0.25, 0.3) is 5.91 Å². The molecular weight excluding hydrogens is 350 g/mol. The average molecular weight is 373 g/mol. The zero-order chi connectivity index (χ0) is 19.7. The number of carbonyl (C=O) groups is 1. The highest BCUT2D eigenvalue weighted by atomic mass is 16.3.